The zero-order valence-corrected chi connectivity index (χ0v) is 36.3. The number of thiazole rings is 2. The van der Waals surface area contributed by atoms with Crippen LogP contribution >= 0.6 is 57.5 Å². The first-order chi connectivity index (χ1) is 28.4. The van der Waals surface area contributed by atoms with E-state index in [2.05, 4.69) is 58.0 Å². The van der Waals surface area contributed by atoms with Crippen LogP contribution in [0, 0.1) is 11.6 Å². The molecular weight excluding hydrogens is 861 g/mol. The first kappa shape index (κ1) is 44.3. The number of benzene rings is 2. The van der Waals surface area contributed by atoms with Gasteiger partial charge in [0.2, 0.25) is 11.8 Å². The highest BCUT2D eigenvalue weighted by atomic mass is 35.5. The van der Waals surface area contributed by atoms with Crippen molar-refractivity contribution in [3.8, 4) is 0 Å². The third kappa shape index (κ3) is 12.6. The van der Waals surface area contributed by atoms with Crippen molar-refractivity contribution < 1.29 is 18.4 Å². The predicted molar refractivity (Wildman–Crippen MR) is 228 cm³/mol. The molecule has 6 heterocycles. The Balaban J connectivity index is 0.000000171. The molecule has 4 aromatic heterocycles. The van der Waals surface area contributed by atoms with Gasteiger partial charge in [-0.25, -0.2) is 28.7 Å². The van der Waals surface area contributed by atoms with Crippen molar-refractivity contribution >= 4 is 69.3 Å². The predicted octanol–water partition coefficient (Wildman–Crippen LogP) is 7.68. The monoisotopic (exact) mass is 902 g/mol. The Hall–Kier alpha value is -4.29. The van der Waals surface area contributed by atoms with E-state index in [1.807, 2.05) is 17.3 Å². The molecule has 8 rings (SSSR count). The Morgan fingerprint density at radius 2 is 1.20 bits per heavy atom. The number of hydrogen-bond acceptors (Lipinski definition) is 10. The van der Waals surface area contributed by atoms with E-state index in [1.54, 1.807) is 49.3 Å². The summed E-state index contributed by atoms with van der Waals surface area (Å²) in [6.45, 7) is 9.72. The number of carbonyl (C=O) groups excluding carboxylic acids is 2. The number of hydrogen-bond donors (Lipinski definition) is 1. The maximum atomic E-state index is 13.2. The number of halogens is 5. The van der Waals surface area contributed by atoms with Crippen LogP contribution in [-0.2, 0) is 35.1 Å². The van der Waals surface area contributed by atoms with Crippen molar-refractivity contribution in [1.29, 1.82) is 0 Å². The number of carbonyl (C=O) groups is 2. The molecule has 2 aliphatic rings. The van der Waals surface area contributed by atoms with Crippen LogP contribution in [-0.4, -0.2) is 94.9 Å². The second kappa shape index (κ2) is 21.3. The molecule has 0 radical (unpaired) electrons. The minimum absolute atomic E-state index is 0.0289. The second-order valence-corrected chi connectivity index (χ2v) is 17.6. The maximum Gasteiger partial charge on any atom is 0.237 e. The van der Waals surface area contributed by atoms with E-state index in [4.69, 9.17) is 34.8 Å². The summed E-state index contributed by atoms with van der Waals surface area (Å²) in [5.41, 5.74) is 4.11. The van der Waals surface area contributed by atoms with Crippen molar-refractivity contribution in [1.82, 2.24) is 49.1 Å². The Bertz CT molecular complexity index is 2270. The lowest BCUT2D eigenvalue weighted by molar-refractivity contribution is -0.136. The van der Waals surface area contributed by atoms with Gasteiger partial charge in [0.1, 0.15) is 11.6 Å². The zero-order valence-electron chi connectivity index (χ0n) is 32.4. The van der Waals surface area contributed by atoms with Gasteiger partial charge in [-0.3, -0.25) is 19.4 Å². The normalized spacial score (nSPS) is 15.8. The van der Waals surface area contributed by atoms with E-state index in [0.29, 0.717) is 60.6 Å². The van der Waals surface area contributed by atoms with E-state index < -0.39 is 0 Å². The van der Waals surface area contributed by atoms with E-state index in [-0.39, 0.29) is 35.5 Å². The molecule has 19 heteroatoms. The third-order valence-electron chi connectivity index (χ3n) is 9.85. The van der Waals surface area contributed by atoms with Gasteiger partial charge in [0.05, 0.1) is 61.6 Å². The van der Waals surface area contributed by atoms with Crippen LogP contribution in [0.1, 0.15) is 58.2 Å². The fourth-order valence-electron chi connectivity index (χ4n) is 6.64. The van der Waals surface area contributed by atoms with Gasteiger partial charge in [0, 0.05) is 73.8 Å². The summed E-state index contributed by atoms with van der Waals surface area (Å²) >= 11 is 19.6. The Kier molecular flexibility index (Phi) is 16.0. The SMILES string of the molecule is C[C@H](c1ccc(F)cc1)n1cncc1CN1CCN(Cc2cnc(Cl)s2)C(=O)C1.C[C@H](c1ccc(F)cc1)n1cncc1CN1CCNC(=O)C1.ClCc1cnc(Cl)s1. The molecule has 2 fully saturated rings. The number of amides is 2. The molecule has 59 heavy (non-hydrogen) atoms. The molecule has 2 aromatic carbocycles. The summed E-state index contributed by atoms with van der Waals surface area (Å²) in [5, 5.41) is 2.82. The van der Waals surface area contributed by atoms with Crippen LogP contribution in [0.15, 0.2) is 86.0 Å². The highest BCUT2D eigenvalue weighted by Crippen LogP contribution is 2.24. The molecule has 0 spiro atoms. The van der Waals surface area contributed by atoms with Crippen molar-refractivity contribution in [3.63, 3.8) is 0 Å². The summed E-state index contributed by atoms with van der Waals surface area (Å²) < 4.78 is 31.5. The molecular formula is C40H43Cl3F2N10O2S2. The molecule has 12 nitrogen and oxygen atoms in total. The van der Waals surface area contributed by atoms with E-state index in [1.165, 1.54) is 46.9 Å². The van der Waals surface area contributed by atoms with Gasteiger partial charge in [0.25, 0.3) is 0 Å². The van der Waals surface area contributed by atoms with Gasteiger partial charge >= 0.3 is 0 Å². The first-order valence-corrected chi connectivity index (χ1v) is 21.7. The molecule has 2 atom stereocenters. The lowest BCUT2D eigenvalue weighted by Gasteiger charge is -2.34. The molecule has 0 bridgehead atoms. The number of imidazole rings is 2. The van der Waals surface area contributed by atoms with Gasteiger partial charge in [-0.1, -0.05) is 47.5 Å². The summed E-state index contributed by atoms with van der Waals surface area (Å²) in [5.74, 6) is 0.178. The fraction of sp³-hybridized carbons (Fsp3) is 0.350. The van der Waals surface area contributed by atoms with Gasteiger partial charge in [-0.05, 0) is 49.2 Å². The Morgan fingerprint density at radius 3 is 1.64 bits per heavy atom. The highest BCUT2D eigenvalue weighted by Gasteiger charge is 2.26. The maximum absolute atomic E-state index is 13.2. The lowest BCUT2D eigenvalue weighted by atomic mass is 10.1. The smallest absolute Gasteiger partial charge is 0.237 e. The van der Waals surface area contributed by atoms with Gasteiger partial charge in [-0.2, -0.15) is 0 Å². The zero-order chi connectivity index (χ0) is 41.9. The number of alkyl halides is 1. The topological polar surface area (TPSA) is 117 Å². The minimum Gasteiger partial charge on any atom is -0.354 e. The van der Waals surface area contributed by atoms with Crippen molar-refractivity contribution in [2.45, 2.75) is 51.4 Å². The summed E-state index contributed by atoms with van der Waals surface area (Å²) in [6.07, 6.45) is 10.6. The average molecular weight is 904 g/mol. The second-order valence-electron chi connectivity index (χ2n) is 13.9. The van der Waals surface area contributed by atoms with Crippen LogP contribution in [0.4, 0.5) is 8.78 Å². The molecule has 0 saturated carbocycles. The fourth-order valence-corrected chi connectivity index (χ4v) is 8.70. The molecule has 2 aliphatic heterocycles. The summed E-state index contributed by atoms with van der Waals surface area (Å²) in [7, 11) is 0. The minimum atomic E-state index is -0.246. The van der Waals surface area contributed by atoms with E-state index in [0.717, 1.165) is 45.4 Å². The van der Waals surface area contributed by atoms with Crippen molar-refractivity contribution in [2.75, 3.05) is 39.3 Å². The summed E-state index contributed by atoms with van der Waals surface area (Å²) in [6, 6.07) is 13.1. The van der Waals surface area contributed by atoms with Crippen LogP contribution in [0.3, 0.4) is 0 Å². The number of piperazine rings is 2. The number of nitrogens with zero attached hydrogens (tertiary/aromatic N) is 9. The third-order valence-corrected chi connectivity index (χ3v) is 12.5. The quantitative estimate of drug-likeness (QED) is 0.132. The highest BCUT2D eigenvalue weighted by molar-refractivity contribution is 7.16. The van der Waals surface area contributed by atoms with Crippen LogP contribution in [0.2, 0.25) is 8.93 Å². The van der Waals surface area contributed by atoms with Crippen LogP contribution in [0.25, 0.3) is 0 Å². The molecule has 0 unspecified atom stereocenters. The number of aromatic nitrogens is 6. The van der Waals surface area contributed by atoms with Gasteiger partial charge in [-0.15, -0.1) is 34.3 Å². The van der Waals surface area contributed by atoms with Crippen molar-refractivity contribution in [2.24, 2.45) is 0 Å². The van der Waals surface area contributed by atoms with E-state index >= 15 is 0 Å². The molecule has 312 valence electrons. The van der Waals surface area contributed by atoms with Gasteiger partial charge < -0.3 is 19.4 Å². The van der Waals surface area contributed by atoms with E-state index in [9.17, 15) is 18.4 Å². The largest absolute Gasteiger partial charge is 0.354 e. The van der Waals surface area contributed by atoms with Crippen LogP contribution in [0.5, 0.6) is 0 Å². The van der Waals surface area contributed by atoms with Gasteiger partial charge in [0.15, 0.2) is 8.93 Å². The Labute approximate surface area is 364 Å². The average Bonchev–Trinajstić information content (AvgIpc) is 4.06. The molecule has 6 aromatic rings. The van der Waals surface area contributed by atoms with Crippen LogP contribution < -0.4 is 5.32 Å². The molecule has 1 N–H and O–H groups in total. The van der Waals surface area contributed by atoms with Crippen molar-refractivity contribution in [3.05, 3.63) is 139 Å². The molecule has 2 amide bonds. The Morgan fingerprint density at radius 1 is 0.695 bits per heavy atom. The molecule has 0 aliphatic carbocycles. The number of nitrogens with one attached hydrogen (secondary N) is 1. The summed E-state index contributed by atoms with van der Waals surface area (Å²) in [4.78, 5) is 48.5. The first-order valence-electron chi connectivity index (χ1n) is 18.7. The lowest BCUT2D eigenvalue weighted by Crippen LogP contribution is -2.49. The number of rotatable bonds is 11. The standard InChI is InChI=1S/C20H21ClFN5OS.C16H19FN4O.C4H3Cl2NS/c1-14(15-2-4-16(22)5-3-15)27-13-23-8-17(27)10-25-6-7-26(19(28)12-25)11-18-9-24-20(21)29-18;1-12(13-2-4-14(17)5-3-13)21-11-18-8-15(21)9-20-7-6-19-16(22)10-20;5-1-3-2-7-4(6)8-3/h2-5,8-9,13-14H,6-7,10-12H2,1H3;2-5,8,11-12H,6-7,9-10H2,1H3,(H,19,22);2H,1H2/t14-;12-;/m11./s1. The molecule has 2 saturated heterocycles.